The van der Waals surface area contributed by atoms with Gasteiger partial charge >= 0.3 is 0 Å². The molecule has 2 rings (SSSR count). The summed E-state index contributed by atoms with van der Waals surface area (Å²) in [5.41, 5.74) is 1.22. The monoisotopic (exact) mass is 325 g/mol. The van der Waals surface area contributed by atoms with Gasteiger partial charge in [0.15, 0.2) is 0 Å². The Hall–Kier alpha value is -1.21. The van der Waals surface area contributed by atoms with Crippen LogP contribution in [0.5, 0.6) is 0 Å². The van der Waals surface area contributed by atoms with Crippen molar-refractivity contribution in [2.45, 2.75) is 37.8 Å². The maximum absolute atomic E-state index is 12.5. The summed E-state index contributed by atoms with van der Waals surface area (Å²) in [6.07, 6.45) is 0.662. The molecule has 0 bridgehead atoms. The van der Waals surface area contributed by atoms with Crippen LogP contribution in [0.15, 0.2) is 40.6 Å². The Morgan fingerprint density at radius 1 is 1.29 bits per heavy atom. The first-order valence-electron chi connectivity index (χ1n) is 6.68. The average Bonchev–Trinajstić information content (AvgIpc) is 2.90. The third-order valence-electron chi connectivity index (χ3n) is 3.30. The summed E-state index contributed by atoms with van der Waals surface area (Å²) in [6, 6.07) is 8.70. The second-order valence-corrected chi connectivity index (χ2v) is 7.72. The molecule has 0 spiro atoms. The van der Waals surface area contributed by atoms with Crippen molar-refractivity contribution in [3.8, 4) is 0 Å². The zero-order valence-electron chi connectivity index (χ0n) is 12.0. The fourth-order valence-corrected chi connectivity index (χ4v) is 4.59. The summed E-state index contributed by atoms with van der Waals surface area (Å²) < 4.78 is 27.6. The van der Waals surface area contributed by atoms with Crippen molar-refractivity contribution in [3.05, 3.63) is 51.7 Å². The molecule has 6 heteroatoms. The summed E-state index contributed by atoms with van der Waals surface area (Å²) in [4.78, 5) is 1.37. The summed E-state index contributed by atoms with van der Waals surface area (Å²) in [5, 5.41) is 11.2. The van der Waals surface area contributed by atoms with E-state index in [0.717, 1.165) is 4.88 Å². The van der Waals surface area contributed by atoms with Gasteiger partial charge in [-0.05, 0) is 48.9 Å². The first-order valence-corrected chi connectivity index (χ1v) is 9.04. The first kappa shape index (κ1) is 16.2. The number of nitrogens with one attached hydrogen (secondary N) is 1. The molecule has 0 radical (unpaired) electrons. The molecule has 2 aromatic rings. The summed E-state index contributed by atoms with van der Waals surface area (Å²) in [7, 11) is -3.58. The lowest BCUT2D eigenvalue weighted by Crippen LogP contribution is -2.34. The van der Waals surface area contributed by atoms with E-state index in [4.69, 9.17) is 0 Å². The van der Waals surface area contributed by atoms with Crippen LogP contribution in [-0.2, 0) is 23.1 Å². The van der Waals surface area contributed by atoms with E-state index in [9.17, 15) is 13.5 Å². The lowest BCUT2D eigenvalue weighted by atomic mass is 10.1. The van der Waals surface area contributed by atoms with Crippen LogP contribution in [-0.4, -0.2) is 19.6 Å². The van der Waals surface area contributed by atoms with Crippen molar-refractivity contribution in [2.75, 3.05) is 0 Å². The Morgan fingerprint density at radius 3 is 2.67 bits per heavy atom. The molecule has 0 amide bonds. The minimum absolute atomic E-state index is 0.167. The van der Waals surface area contributed by atoms with E-state index in [1.807, 2.05) is 24.4 Å². The van der Waals surface area contributed by atoms with Gasteiger partial charge in [-0.25, -0.2) is 13.1 Å². The van der Waals surface area contributed by atoms with Gasteiger partial charge in [-0.15, -0.1) is 11.3 Å². The summed E-state index contributed by atoms with van der Waals surface area (Å²) in [6.45, 7) is 3.40. The van der Waals surface area contributed by atoms with Gasteiger partial charge in [0.1, 0.15) is 0 Å². The molecule has 1 heterocycles. The number of hydrogen-bond acceptors (Lipinski definition) is 4. The van der Waals surface area contributed by atoms with E-state index >= 15 is 0 Å². The highest BCUT2D eigenvalue weighted by Gasteiger charge is 2.20. The number of rotatable bonds is 6. The van der Waals surface area contributed by atoms with Crippen LogP contribution in [0.4, 0.5) is 0 Å². The largest absolute Gasteiger partial charge is 0.392 e. The van der Waals surface area contributed by atoms with E-state index in [2.05, 4.69) is 4.72 Å². The van der Waals surface area contributed by atoms with Gasteiger partial charge in [-0.2, -0.15) is 0 Å². The molecule has 0 aliphatic carbocycles. The number of aliphatic hydroxyl groups is 1. The Bertz CT molecular complexity index is 694. The highest BCUT2D eigenvalue weighted by Crippen LogP contribution is 2.20. The molecule has 0 saturated carbocycles. The lowest BCUT2D eigenvalue weighted by Gasteiger charge is -2.16. The predicted octanol–water partition coefficient (Wildman–Crippen LogP) is 2.46. The Balaban J connectivity index is 2.18. The molecule has 0 saturated heterocycles. The molecule has 1 atom stereocenters. The van der Waals surface area contributed by atoms with E-state index in [0.29, 0.717) is 17.5 Å². The summed E-state index contributed by atoms with van der Waals surface area (Å²) in [5.74, 6) is 0. The normalized spacial score (nSPS) is 13.3. The van der Waals surface area contributed by atoms with Gasteiger partial charge in [0.2, 0.25) is 10.0 Å². The zero-order valence-corrected chi connectivity index (χ0v) is 13.7. The van der Waals surface area contributed by atoms with Gasteiger partial charge in [0, 0.05) is 10.9 Å². The van der Waals surface area contributed by atoms with E-state index < -0.39 is 10.0 Å². The minimum Gasteiger partial charge on any atom is -0.392 e. The molecule has 21 heavy (non-hydrogen) atoms. The van der Waals surface area contributed by atoms with Crippen LogP contribution < -0.4 is 4.72 Å². The fraction of sp³-hybridized carbons (Fsp3) is 0.333. The van der Waals surface area contributed by atoms with Crippen molar-refractivity contribution in [1.29, 1.82) is 0 Å². The van der Waals surface area contributed by atoms with Crippen molar-refractivity contribution in [3.63, 3.8) is 0 Å². The van der Waals surface area contributed by atoms with Crippen molar-refractivity contribution < 1.29 is 13.5 Å². The van der Waals surface area contributed by atoms with Gasteiger partial charge in [0.05, 0.1) is 11.5 Å². The van der Waals surface area contributed by atoms with Crippen LogP contribution in [0.1, 0.15) is 22.9 Å². The predicted molar refractivity (Wildman–Crippen MR) is 84.9 cm³/mol. The topological polar surface area (TPSA) is 66.4 Å². The van der Waals surface area contributed by atoms with E-state index in [-0.39, 0.29) is 17.5 Å². The van der Waals surface area contributed by atoms with Crippen molar-refractivity contribution in [2.24, 2.45) is 0 Å². The third kappa shape index (κ3) is 3.91. The molecular formula is C15H19NO3S2. The van der Waals surface area contributed by atoms with E-state index in [1.165, 1.54) is 0 Å². The van der Waals surface area contributed by atoms with Gasteiger partial charge in [0.25, 0.3) is 0 Å². The molecule has 1 unspecified atom stereocenters. The van der Waals surface area contributed by atoms with Crippen molar-refractivity contribution >= 4 is 21.4 Å². The summed E-state index contributed by atoms with van der Waals surface area (Å²) >= 11 is 1.61. The molecule has 0 aliphatic heterocycles. The van der Waals surface area contributed by atoms with Crippen LogP contribution in [0, 0.1) is 6.92 Å². The maximum atomic E-state index is 12.5. The SMILES string of the molecule is Cc1c(CO)cccc1S(=O)(=O)NC(C)Cc1cccs1. The number of sulfonamides is 1. The zero-order chi connectivity index (χ0) is 15.5. The van der Waals surface area contributed by atoms with Crippen molar-refractivity contribution in [1.82, 2.24) is 4.72 Å². The molecule has 1 aromatic heterocycles. The number of benzene rings is 1. The minimum atomic E-state index is -3.58. The number of hydrogen-bond donors (Lipinski definition) is 2. The molecule has 0 aliphatic rings. The quantitative estimate of drug-likeness (QED) is 0.857. The molecule has 1 aromatic carbocycles. The number of aliphatic hydroxyl groups excluding tert-OH is 1. The Labute approximate surface area is 129 Å². The smallest absolute Gasteiger partial charge is 0.241 e. The van der Waals surface area contributed by atoms with Gasteiger partial charge < -0.3 is 5.11 Å². The lowest BCUT2D eigenvalue weighted by molar-refractivity contribution is 0.280. The van der Waals surface area contributed by atoms with E-state index in [1.54, 1.807) is 36.5 Å². The van der Waals surface area contributed by atoms with Crippen LogP contribution in [0.2, 0.25) is 0 Å². The number of thiophene rings is 1. The molecule has 0 fully saturated rings. The standard InChI is InChI=1S/C15H19NO3S2/c1-11(9-14-6-4-8-20-14)16-21(18,19)15-7-3-5-13(10-17)12(15)2/h3-8,11,16-17H,9-10H2,1-2H3. The Morgan fingerprint density at radius 2 is 2.05 bits per heavy atom. The fourth-order valence-electron chi connectivity index (χ4n) is 2.22. The van der Waals surface area contributed by atoms with Gasteiger partial charge in [-0.1, -0.05) is 18.2 Å². The average molecular weight is 325 g/mol. The Kier molecular flexibility index (Phi) is 5.16. The molecule has 114 valence electrons. The maximum Gasteiger partial charge on any atom is 0.241 e. The second-order valence-electron chi connectivity index (χ2n) is 5.00. The van der Waals surface area contributed by atoms with Gasteiger partial charge in [-0.3, -0.25) is 0 Å². The third-order valence-corrected chi connectivity index (χ3v) is 5.93. The molecule has 2 N–H and O–H groups in total. The van der Waals surface area contributed by atoms with Crippen LogP contribution >= 0.6 is 11.3 Å². The molecule has 4 nitrogen and oxygen atoms in total. The van der Waals surface area contributed by atoms with Crippen LogP contribution in [0.3, 0.4) is 0 Å². The first-order chi connectivity index (χ1) is 9.94. The highest BCUT2D eigenvalue weighted by atomic mass is 32.2. The van der Waals surface area contributed by atoms with Crippen LogP contribution in [0.25, 0.3) is 0 Å². The second kappa shape index (κ2) is 6.70. The highest BCUT2D eigenvalue weighted by molar-refractivity contribution is 7.89. The molecular weight excluding hydrogens is 306 g/mol.